The Morgan fingerprint density at radius 1 is 1.08 bits per heavy atom. The second-order valence-electron chi connectivity index (χ2n) is 5.04. The Kier molecular flexibility index (Phi) is 5.12. The summed E-state index contributed by atoms with van der Waals surface area (Å²) in [7, 11) is -3.51. The zero-order chi connectivity index (χ0) is 17.9. The first-order chi connectivity index (χ1) is 11.9. The van der Waals surface area contributed by atoms with Gasteiger partial charge in [0.05, 0.1) is 4.90 Å². The summed E-state index contributed by atoms with van der Waals surface area (Å²) in [6, 6.07) is 14.6. The minimum absolute atomic E-state index is 0.217. The van der Waals surface area contributed by atoms with Crippen LogP contribution < -0.4 is 5.32 Å². The summed E-state index contributed by atoms with van der Waals surface area (Å²) in [4.78, 5) is 12.4. The van der Waals surface area contributed by atoms with E-state index in [1.807, 2.05) is 0 Å². The van der Waals surface area contributed by atoms with Crippen LogP contribution in [0.3, 0.4) is 0 Å². The topological polar surface area (TPSA) is 89.0 Å². The molecular formula is C16H12ClN3O3S2. The van der Waals surface area contributed by atoms with Gasteiger partial charge in [-0.15, -0.1) is 10.2 Å². The van der Waals surface area contributed by atoms with Gasteiger partial charge >= 0.3 is 0 Å². The molecule has 1 heterocycles. The Morgan fingerprint density at radius 3 is 2.56 bits per heavy atom. The molecule has 6 nitrogen and oxygen atoms in total. The van der Waals surface area contributed by atoms with Crippen molar-refractivity contribution in [3.05, 3.63) is 70.2 Å². The predicted octanol–water partition coefficient (Wildman–Crippen LogP) is 3.42. The molecule has 0 spiro atoms. The lowest BCUT2D eigenvalue weighted by molar-refractivity contribution is 0.102. The average Bonchev–Trinajstić information content (AvgIpc) is 3.02. The van der Waals surface area contributed by atoms with Crippen molar-refractivity contribution in [3.63, 3.8) is 0 Å². The number of hydrogen-bond donors (Lipinski definition) is 1. The molecule has 128 valence electrons. The number of aromatic nitrogens is 2. The van der Waals surface area contributed by atoms with Gasteiger partial charge in [-0.2, -0.15) is 0 Å². The molecule has 25 heavy (non-hydrogen) atoms. The van der Waals surface area contributed by atoms with Gasteiger partial charge in [0.2, 0.25) is 5.13 Å². The number of amides is 1. The van der Waals surface area contributed by atoms with Crippen molar-refractivity contribution in [2.24, 2.45) is 0 Å². The lowest BCUT2D eigenvalue weighted by Crippen LogP contribution is -2.11. The summed E-state index contributed by atoms with van der Waals surface area (Å²) in [6.45, 7) is 0. The van der Waals surface area contributed by atoms with Crippen LogP contribution in [0.25, 0.3) is 0 Å². The van der Waals surface area contributed by atoms with Gasteiger partial charge in [-0.3, -0.25) is 10.1 Å². The molecular weight excluding hydrogens is 382 g/mol. The Hall–Kier alpha value is -2.29. The molecule has 1 aromatic heterocycles. The van der Waals surface area contributed by atoms with Crippen LogP contribution in [-0.4, -0.2) is 24.5 Å². The van der Waals surface area contributed by atoms with Gasteiger partial charge in [-0.25, -0.2) is 8.42 Å². The highest BCUT2D eigenvalue weighted by atomic mass is 35.5. The van der Waals surface area contributed by atoms with Crippen molar-refractivity contribution in [3.8, 4) is 0 Å². The van der Waals surface area contributed by atoms with E-state index in [-0.39, 0.29) is 15.8 Å². The molecule has 9 heteroatoms. The Morgan fingerprint density at radius 2 is 1.84 bits per heavy atom. The van der Waals surface area contributed by atoms with Crippen molar-refractivity contribution in [1.29, 1.82) is 0 Å². The van der Waals surface area contributed by atoms with Gasteiger partial charge < -0.3 is 0 Å². The van der Waals surface area contributed by atoms with E-state index in [0.717, 1.165) is 11.3 Å². The van der Waals surface area contributed by atoms with E-state index < -0.39 is 15.7 Å². The molecule has 0 aliphatic rings. The molecule has 3 aromatic rings. The zero-order valence-corrected chi connectivity index (χ0v) is 15.1. The third kappa shape index (κ3) is 4.41. The number of benzene rings is 2. The minimum atomic E-state index is -3.51. The SMILES string of the molecule is O=C(Nc1nnc(CS(=O)(=O)c2ccccc2)s1)c1cccc(Cl)c1. The van der Waals surface area contributed by atoms with Gasteiger partial charge in [0.25, 0.3) is 5.91 Å². The monoisotopic (exact) mass is 393 g/mol. The van der Waals surface area contributed by atoms with Crippen LogP contribution in [0, 0.1) is 0 Å². The lowest BCUT2D eigenvalue weighted by Gasteiger charge is -2.01. The van der Waals surface area contributed by atoms with Crippen LogP contribution >= 0.6 is 22.9 Å². The summed E-state index contributed by atoms with van der Waals surface area (Å²) in [5.41, 5.74) is 0.376. The summed E-state index contributed by atoms with van der Waals surface area (Å²) < 4.78 is 24.7. The maximum Gasteiger partial charge on any atom is 0.257 e. The summed E-state index contributed by atoms with van der Waals surface area (Å²) in [5, 5.41) is 11.2. The van der Waals surface area contributed by atoms with Gasteiger partial charge in [-0.1, -0.05) is 47.2 Å². The number of anilines is 1. The molecule has 0 saturated heterocycles. The molecule has 0 saturated carbocycles. The highest BCUT2D eigenvalue weighted by Crippen LogP contribution is 2.22. The van der Waals surface area contributed by atoms with E-state index in [0.29, 0.717) is 15.6 Å². The Labute approximate surface area is 153 Å². The van der Waals surface area contributed by atoms with E-state index in [2.05, 4.69) is 15.5 Å². The summed E-state index contributed by atoms with van der Waals surface area (Å²) >= 11 is 6.87. The van der Waals surface area contributed by atoms with Crippen molar-refractivity contribution in [1.82, 2.24) is 10.2 Å². The summed E-state index contributed by atoms with van der Waals surface area (Å²) in [6.07, 6.45) is 0. The molecule has 1 amide bonds. The number of nitrogens with one attached hydrogen (secondary N) is 1. The van der Waals surface area contributed by atoms with Crippen LogP contribution in [0.4, 0.5) is 5.13 Å². The fourth-order valence-electron chi connectivity index (χ4n) is 2.04. The van der Waals surface area contributed by atoms with Crippen LogP contribution in [-0.2, 0) is 15.6 Å². The van der Waals surface area contributed by atoms with Crippen molar-refractivity contribution >= 4 is 43.8 Å². The Balaban J connectivity index is 1.72. The molecule has 3 rings (SSSR count). The molecule has 2 aromatic carbocycles. The third-order valence-corrected chi connectivity index (χ3v) is 6.09. The number of halogens is 1. The predicted molar refractivity (Wildman–Crippen MR) is 96.6 cm³/mol. The van der Waals surface area contributed by atoms with Gasteiger partial charge in [0.1, 0.15) is 10.8 Å². The first-order valence-electron chi connectivity index (χ1n) is 7.11. The maximum atomic E-state index is 12.3. The fraction of sp³-hybridized carbons (Fsp3) is 0.0625. The van der Waals surface area contributed by atoms with Crippen molar-refractivity contribution in [2.75, 3.05) is 5.32 Å². The highest BCUT2D eigenvalue weighted by molar-refractivity contribution is 7.90. The quantitative estimate of drug-likeness (QED) is 0.717. The zero-order valence-electron chi connectivity index (χ0n) is 12.7. The van der Waals surface area contributed by atoms with Crippen molar-refractivity contribution in [2.45, 2.75) is 10.6 Å². The largest absolute Gasteiger partial charge is 0.296 e. The van der Waals surface area contributed by atoms with E-state index in [1.54, 1.807) is 36.4 Å². The second-order valence-corrected chi connectivity index (χ2v) is 8.53. The summed E-state index contributed by atoms with van der Waals surface area (Å²) in [5.74, 6) is -0.669. The number of sulfone groups is 1. The molecule has 0 bridgehead atoms. The van der Waals surface area contributed by atoms with E-state index in [4.69, 9.17) is 11.6 Å². The average molecular weight is 394 g/mol. The molecule has 0 aliphatic heterocycles. The number of rotatable bonds is 5. The van der Waals surface area contributed by atoms with Crippen LogP contribution in [0.1, 0.15) is 15.4 Å². The van der Waals surface area contributed by atoms with Crippen LogP contribution in [0.15, 0.2) is 59.5 Å². The first-order valence-corrected chi connectivity index (χ1v) is 9.96. The lowest BCUT2D eigenvalue weighted by atomic mass is 10.2. The van der Waals surface area contributed by atoms with E-state index in [9.17, 15) is 13.2 Å². The third-order valence-electron chi connectivity index (χ3n) is 3.19. The smallest absolute Gasteiger partial charge is 0.257 e. The van der Waals surface area contributed by atoms with Crippen LogP contribution in [0.2, 0.25) is 5.02 Å². The van der Waals surface area contributed by atoms with E-state index >= 15 is 0 Å². The normalized spacial score (nSPS) is 11.2. The van der Waals surface area contributed by atoms with Gasteiger partial charge in [0.15, 0.2) is 9.84 Å². The Bertz CT molecular complexity index is 1000. The maximum absolute atomic E-state index is 12.3. The number of hydrogen-bond acceptors (Lipinski definition) is 6. The van der Waals surface area contributed by atoms with Crippen LogP contribution in [0.5, 0.6) is 0 Å². The first kappa shape index (κ1) is 17.5. The van der Waals surface area contributed by atoms with Gasteiger partial charge in [0, 0.05) is 10.6 Å². The number of carbonyl (C=O) groups is 1. The molecule has 0 aliphatic carbocycles. The number of nitrogens with zero attached hydrogens (tertiary/aromatic N) is 2. The van der Waals surface area contributed by atoms with Crippen molar-refractivity contribution < 1.29 is 13.2 Å². The van der Waals surface area contributed by atoms with E-state index in [1.165, 1.54) is 18.2 Å². The molecule has 0 radical (unpaired) electrons. The highest BCUT2D eigenvalue weighted by Gasteiger charge is 2.19. The molecule has 1 N–H and O–H groups in total. The second kappa shape index (κ2) is 7.30. The minimum Gasteiger partial charge on any atom is -0.296 e. The standard InChI is InChI=1S/C16H12ClN3O3S2/c17-12-6-4-5-11(9-12)15(21)18-16-20-19-14(24-16)10-25(22,23)13-7-2-1-3-8-13/h1-9H,10H2,(H,18,20,21). The number of carbonyl (C=O) groups excluding carboxylic acids is 1. The van der Waals surface area contributed by atoms with Gasteiger partial charge in [-0.05, 0) is 30.3 Å². The molecule has 0 fully saturated rings. The molecule has 0 unspecified atom stereocenters. The fourth-order valence-corrected chi connectivity index (χ4v) is 4.58. The molecule has 0 atom stereocenters.